The molecule has 0 aromatic heterocycles. The van der Waals surface area contributed by atoms with Crippen molar-refractivity contribution in [2.24, 2.45) is 0 Å². The first-order valence-electron chi connectivity index (χ1n) is 11.7. The average molecular weight is 467 g/mol. The Morgan fingerprint density at radius 2 is 1.56 bits per heavy atom. The van der Waals surface area contributed by atoms with Gasteiger partial charge in [-0.15, -0.1) is 0 Å². The van der Waals surface area contributed by atoms with Gasteiger partial charge >= 0.3 is 12.1 Å². The Bertz CT molecular complexity index is 1000. The summed E-state index contributed by atoms with van der Waals surface area (Å²) in [4.78, 5) is 36.4. The summed E-state index contributed by atoms with van der Waals surface area (Å²) in [6.07, 6.45) is 3.10. The first kappa shape index (κ1) is 23.8. The van der Waals surface area contributed by atoms with Crippen LogP contribution in [-0.4, -0.2) is 55.0 Å². The van der Waals surface area contributed by atoms with Crippen molar-refractivity contribution in [2.45, 2.75) is 43.6 Å². The molecule has 2 aliphatic rings. The number of alkyl carbamates (subject to hydrolysis) is 1. The van der Waals surface area contributed by atoms with Crippen molar-refractivity contribution >= 4 is 18.0 Å². The zero-order chi connectivity index (χ0) is 24.0. The molecule has 180 valence electrons. The summed E-state index contributed by atoms with van der Waals surface area (Å²) < 4.78 is 10.6. The summed E-state index contributed by atoms with van der Waals surface area (Å²) in [5.41, 5.74) is 3.53. The SMILES string of the molecule is O=C(O)COCCNC(=O)C1(NC(=O)OCC2c3ccccc3-c3ccccc32)CCCCC1. The summed E-state index contributed by atoms with van der Waals surface area (Å²) in [5.74, 6) is -1.41. The van der Waals surface area contributed by atoms with E-state index in [1.165, 1.54) is 0 Å². The van der Waals surface area contributed by atoms with Crippen LogP contribution >= 0.6 is 0 Å². The maximum Gasteiger partial charge on any atom is 0.408 e. The van der Waals surface area contributed by atoms with E-state index >= 15 is 0 Å². The van der Waals surface area contributed by atoms with E-state index in [1.54, 1.807) is 0 Å². The lowest BCUT2D eigenvalue weighted by Gasteiger charge is -2.36. The Labute approximate surface area is 198 Å². The molecule has 2 aromatic rings. The molecular weight excluding hydrogens is 436 g/mol. The van der Waals surface area contributed by atoms with Crippen LogP contribution in [0.4, 0.5) is 4.79 Å². The molecule has 0 bridgehead atoms. The number of amides is 2. The van der Waals surface area contributed by atoms with Crippen LogP contribution in [0.15, 0.2) is 48.5 Å². The summed E-state index contributed by atoms with van der Waals surface area (Å²) in [7, 11) is 0. The van der Waals surface area contributed by atoms with E-state index in [9.17, 15) is 14.4 Å². The zero-order valence-corrected chi connectivity index (χ0v) is 19.0. The van der Waals surface area contributed by atoms with Crippen molar-refractivity contribution in [1.29, 1.82) is 0 Å². The molecule has 1 fully saturated rings. The molecule has 2 amide bonds. The van der Waals surface area contributed by atoms with Gasteiger partial charge in [-0.2, -0.15) is 0 Å². The van der Waals surface area contributed by atoms with Crippen molar-refractivity contribution < 1.29 is 29.0 Å². The van der Waals surface area contributed by atoms with Crippen LogP contribution in [0.2, 0.25) is 0 Å². The van der Waals surface area contributed by atoms with Gasteiger partial charge in [0.15, 0.2) is 0 Å². The third-order valence-corrected chi connectivity index (χ3v) is 6.58. The number of hydrogen-bond acceptors (Lipinski definition) is 5. The van der Waals surface area contributed by atoms with E-state index in [-0.39, 0.29) is 31.6 Å². The minimum absolute atomic E-state index is 0.0549. The number of rotatable bonds is 9. The first-order chi connectivity index (χ1) is 16.5. The topological polar surface area (TPSA) is 114 Å². The largest absolute Gasteiger partial charge is 0.480 e. The van der Waals surface area contributed by atoms with Gasteiger partial charge < -0.3 is 25.2 Å². The van der Waals surface area contributed by atoms with E-state index in [0.717, 1.165) is 41.5 Å². The van der Waals surface area contributed by atoms with Crippen molar-refractivity contribution in [3.05, 3.63) is 59.7 Å². The Balaban J connectivity index is 1.37. The highest BCUT2D eigenvalue weighted by Crippen LogP contribution is 2.44. The van der Waals surface area contributed by atoms with Crippen LogP contribution in [0, 0.1) is 0 Å². The average Bonchev–Trinajstić information content (AvgIpc) is 3.16. The highest BCUT2D eigenvalue weighted by Gasteiger charge is 2.41. The normalized spacial score (nSPS) is 16.2. The molecule has 0 radical (unpaired) electrons. The van der Waals surface area contributed by atoms with Gasteiger partial charge in [-0.05, 0) is 35.1 Å². The summed E-state index contributed by atoms with van der Waals surface area (Å²) in [6, 6.07) is 16.3. The maximum absolute atomic E-state index is 13.0. The molecule has 1 saturated carbocycles. The molecule has 0 atom stereocenters. The summed E-state index contributed by atoms with van der Waals surface area (Å²) in [5, 5.41) is 14.3. The molecule has 0 unspecified atom stereocenters. The number of carbonyl (C=O) groups excluding carboxylic acids is 2. The molecule has 0 saturated heterocycles. The smallest absolute Gasteiger partial charge is 0.408 e. The lowest BCUT2D eigenvalue weighted by Crippen LogP contribution is -2.60. The number of hydrogen-bond donors (Lipinski definition) is 3. The van der Waals surface area contributed by atoms with Gasteiger partial charge in [0, 0.05) is 12.5 Å². The molecule has 2 aliphatic carbocycles. The number of carboxylic acid groups (broad SMARTS) is 1. The van der Waals surface area contributed by atoms with Gasteiger partial charge in [0.25, 0.3) is 0 Å². The van der Waals surface area contributed by atoms with E-state index in [4.69, 9.17) is 14.6 Å². The van der Waals surface area contributed by atoms with Gasteiger partial charge in [0.05, 0.1) is 6.61 Å². The number of carboxylic acids is 1. The second-order valence-electron chi connectivity index (χ2n) is 8.80. The van der Waals surface area contributed by atoms with Crippen molar-refractivity contribution in [3.63, 3.8) is 0 Å². The van der Waals surface area contributed by atoms with Crippen molar-refractivity contribution in [1.82, 2.24) is 10.6 Å². The highest BCUT2D eigenvalue weighted by molar-refractivity contribution is 5.90. The van der Waals surface area contributed by atoms with Crippen molar-refractivity contribution in [2.75, 3.05) is 26.4 Å². The molecule has 2 aromatic carbocycles. The van der Waals surface area contributed by atoms with Crippen LogP contribution in [0.1, 0.15) is 49.1 Å². The Kier molecular flexibility index (Phi) is 7.47. The molecule has 0 spiro atoms. The zero-order valence-electron chi connectivity index (χ0n) is 19.0. The molecule has 3 N–H and O–H groups in total. The summed E-state index contributed by atoms with van der Waals surface area (Å²) in [6.45, 7) is 0.0128. The van der Waals surface area contributed by atoms with E-state index in [0.29, 0.717) is 12.8 Å². The van der Waals surface area contributed by atoms with E-state index in [2.05, 4.69) is 34.9 Å². The monoisotopic (exact) mass is 466 g/mol. The first-order valence-corrected chi connectivity index (χ1v) is 11.7. The van der Waals surface area contributed by atoms with Gasteiger partial charge in [-0.3, -0.25) is 4.79 Å². The quantitative estimate of drug-likeness (QED) is 0.488. The highest BCUT2D eigenvalue weighted by atomic mass is 16.5. The molecule has 0 heterocycles. The second-order valence-corrected chi connectivity index (χ2v) is 8.80. The van der Waals surface area contributed by atoms with Crippen molar-refractivity contribution in [3.8, 4) is 11.1 Å². The number of nitrogens with one attached hydrogen (secondary N) is 2. The second kappa shape index (κ2) is 10.7. The van der Waals surface area contributed by atoms with Crippen LogP contribution < -0.4 is 10.6 Å². The van der Waals surface area contributed by atoms with Crippen LogP contribution in [0.3, 0.4) is 0 Å². The third-order valence-electron chi connectivity index (χ3n) is 6.58. The minimum atomic E-state index is -1.06. The van der Waals surface area contributed by atoms with Gasteiger partial charge in [-0.1, -0.05) is 67.8 Å². The molecule has 34 heavy (non-hydrogen) atoms. The van der Waals surface area contributed by atoms with E-state index in [1.807, 2.05) is 24.3 Å². The Hall–Kier alpha value is -3.39. The molecule has 4 rings (SSSR count). The number of ether oxygens (including phenoxy) is 2. The molecule has 0 aliphatic heterocycles. The predicted octanol–water partition coefficient (Wildman–Crippen LogP) is 3.45. The predicted molar refractivity (Wildman–Crippen MR) is 125 cm³/mol. The molecule has 8 heteroatoms. The fourth-order valence-electron chi connectivity index (χ4n) is 4.96. The Morgan fingerprint density at radius 1 is 0.941 bits per heavy atom. The van der Waals surface area contributed by atoms with Gasteiger partial charge in [-0.25, -0.2) is 9.59 Å². The number of fused-ring (bicyclic) bond motifs is 3. The lowest BCUT2D eigenvalue weighted by molar-refractivity contribution is -0.142. The molecular formula is C26H30N2O6. The van der Waals surface area contributed by atoms with Gasteiger partial charge in [0.2, 0.25) is 5.91 Å². The lowest BCUT2D eigenvalue weighted by atomic mass is 9.81. The van der Waals surface area contributed by atoms with Crippen LogP contribution in [0.5, 0.6) is 0 Å². The number of carbonyl (C=O) groups is 3. The maximum atomic E-state index is 13.0. The van der Waals surface area contributed by atoms with E-state index < -0.39 is 24.2 Å². The fraction of sp³-hybridized carbons (Fsp3) is 0.423. The molecule has 8 nitrogen and oxygen atoms in total. The minimum Gasteiger partial charge on any atom is -0.480 e. The summed E-state index contributed by atoms with van der Waals surface area (Å²) >= 11 is 0. The Morgan fingerprint density at radius 3 is 2.18 bits per heavy atom. The van der Waals surface area contributed by atoms with Crippen LogP contribution in [0.25, 0.3) is 11.1 Å². The standard InChI is InChI=1S/C26H30N2O6/c29-23(30)17-33-15-14-27-24(31)26(12-6-1-7-13-26)28-25(32)34-16-22-20-10-4-2-8-18(20)19-9-3-5-11-21(19)22/h2-5,8-11,22H,1,6-7,12-17H2,(H,27,31)(H,28,32)(H,29,30). The fourth-order valence-corrected chi connectivity index (χ4v) is 4.96. The van der Waals surface area contributed by atoms with Gasteiger partial charge in [0.1, 0.15) is 18.8 Å². The number of benzene rings is 2. The van der Waals surface area contributed by atoms with Crippen LogP contribution in [-0.2, 0) is 19.1 Å². The number of aliphatic carboxylic acids is 1. The third kappa shape index (κ3) is 5.22.